The van der Waals surface area contributed by atoms with Crippen LogP contribution in [0.1, 0.15) is 15.3 Å². The van der Waals surface area contributed by atoms with E-state index in [1.165, 1.54) is 9.75 Å². The molecule has 1 N–H and O–H groups in total. The van der Waals surface area contributed by atoms with Crippen molar-refractivity contribution in [2.45, 2.75) is 13.3 Å². The highest BCUT2D eigenvalue weighted by molar-refractivity contribution is 7.17. The average Bonchev–Trinajstić information content (AvgIpc) is 2.92. The van der Waals surface area contributed by atoms with E-state index in [1.54, 1.807) is 22.7 Å². The molecule has 0 spiro atoms. The quantitative estimate of drug-likeness (QED) is 0.715. The van der Waals surface area contributed by atoms with Crippen LogP contribution < -0.4 is 0 Å². The molecule has 86 valence electrons. The molecule has 1 aromatic carbocycles. The van der Waals surface area contributed by atoms with Gasteiger partial charge in [0.1, 0.15) is 5.75 Å². The van der Waals surface area contributed by atoms with Gasteiger partial charge in [0, 0.05) is 26.3 Å². The summed E-state index contributed by atoms with van der Waals surface area (Å²) in [6, 6.07) is 10.4. The monoisotopic (exact) mass is 260 g/mol. The molecule has 0 saturated carbocycles. The number of aromatic hydroxyl groups is 1. The van der Waals surface area contributed by atoms with Gasteiger partial charge in [0.15, 0.2) is 0 Å². The summed E-state index contributed by atoms with van der Waals surface area (Å²) in [4.78, 5) is 2.61. The molecule has 0 bridgehead atoms. The second-order valence-electron chi connectivity index (χ2n) is 4.09. The number of rotatable bonds is 2. The summed E-state index contributed by atoms with van der Waals surface area (Å²) in [6.07, 6.45) is 0.816. The molecule has 3 aromatic rings. The molecule has 0 fully saturated rings. The Bertz CT molecular complexity index is 664. The van der Waals surface area contributed by atoms with Gasteiger partial charge in [0.2, 0.25) is 0 Å². The van der Waals surface area contributed by atoms with Crippen LogP contribution in [-0.2, 0) is 6.42 Å². The van der Waals surface area contributed by atoms with Gasteiger partial charge in [-0.3, -0.25) is 0 Å². The summed E-state index contributed by atoms with van der Waals surface area (Å²) in [6.45, 7) is 2.11. The maximum Gasteiger partial charge on any atom is 0.127 e. The van der Waals surface area contributed by atoms with Gasteiger partial charge in [-0.25, -0.2) is 0 Å². The Labute approximate surface area is 108 Å². The van der Waals surface area contributed by atoms with Gasteiger partial charge in [0.25, 0.3) is 0 Å². The lowest BCUT2D eigenvalue weighted by atomic mass is 10.1. The summed E-state index contributed by atoms with van der Waals surface area (Å²) in [7, 11) is 0. The van der Waals surface area contributed by atoms with Crippen LogP contribution in [-0.4, -0.2) is 5.11 Å². The first-order valence-electron chi connectivity index (χ1n) is 5.47. The minimum atomic E-state index is 0.440. The van der Waals surface area contributed by atoms with Gasteiger partial charge in [-0.2, -0.15) is 0 Å². The Morgan fingerprint density at radius 1 is 1.12 bits per heavy atom. The lowest BCUT2D eigenvalue weighted by Crippen LogP contribution is -1.85. The van der Waals surface area contributed by atoms with Crippen LogP contribution in [0.15, 0.2) is 35.7 Å². The van der Waals surface area contributed by atoms with E-state index in [0.717, 1.165) is 22.1 Å². The first-order chi connectivity index (χ1) is 8.24. The van der Waals surface area contributed by atoms with Crippen molar-refractivity contribution in [2.24, 2.45) is 0 Å². The first kappa shape index (κ1) is 10.8. The van der Waals surface area contributed by atoms with Gasteiger partial charge < -0.3 is 5.11 Å². The maximum absolute atomic E-state index is 10.2. The number of phenolic OH excluding ortho intramolecular Hbond substituents is 1. The highest BCUT2D eigenvalue weighted by atomic mass is 32.1. The van der Waals surface area contributed by atoms with Crippen molar-refractivity contribution in [3.8, 4) is 5.75 Å². The molecule has 1 nitrogen and oxygen atoms in total. The number of fused-ring (bicyclic) bond motifs is 1. The van der Waals surface area contributed by atoms with E-state index < -0.39 is 0 Å². The van der Waals surface area contributed by atoms with Crippen molar-refractivity contribution in [1.82, 2.24) is 0 Å². The van der Waals surface area contributed by atoms with Crippen molar-refractivity contribution in [3.63, 3.8) is 0 Å². The topological polar surface area (TPSA) is 20.2 Å². The third-order valence-corrected chi connectivity index (χ3v) is 4.73. The molecule has 0 saturated heterocycles. The standard InChI is InChI=1S/C14H12OS2/c1-9-2-4-11(17-9)8-10-3-5-13-12(14(10)15)6-7-16-13/h2-7,15H,8H2,1H3. The second kappa shape index (κ2) is 4.17. The number of thiophene rings is 2. The smallest absolute Gasteiger partial charge is 0.127 e. The Morgan fingerprint density at radius 2 is 2.00 bits per heavy atom. The summed E-state index contributed by atoms with van der Waals surface area (Å²) < 4.78 is 1.15. The van der Waals surface area contributed by atoms with Crippen molar-refractivity contribution in [2.75, 3.05) is 0 Å². The number of phenols is 1. The molecule has 3 heteroatoms. The maximum atomic E-state index is 10.2. The lowest BCUT2D eigenvalue weighted by molar-refractivity contribution is 0.476. The number of hydrogen-bond donors (Lipinski definition) is 1. The third-order valence-electron chi connectivity index (χ3n) is 2.85. The second-order valence-corrected chi connectivity index (χ2v) is 6.41. The summed E-state index contributed by atoms with van der Waals surface area (Å²) in [5.41, 5.74) is 1.01. The fourth-order valence-corrected chi connectivity index (χ4v) is 3.69. The number of benzene rings is 1. The highest BCUT2D eigenvalue weighted by Gasteiger charge is 2.08. The molecule has 17 heavy (non-hydrogen) atoms. The van der Waals surface area contributed by atoms with E-state index in [0.29, 0.717) is 5.75 Å². The van der Waals surface area contributed by atoms with Crippen LogP contribution in [0.2, 0.25) is 0 Å². The molecule has 0 atom stereocenters. The fourth-order valence-electron chi connectivity index (χ4n) is 1.98. The third kappa shape index (κ3) is 1.96. The normalized spacial score (nSPS) is 11.1. The molecule has 2 heterocycles. The van der Waals surface area contributed by atoms with Crippen molar-refractivity contribution in [3.05, 3.63) is 51.0 Å². The predicted molar refractivity (Wildman–Crippen MR) is 75.4 cm³/mol. The van der Waals surface area contributed by atoms with Gasteiger partial charge in [-0.15, -0.1) is 22.7 Å². The number of hydrogen-bond acceptors (Lipinski definition) is 3. The SMILES string of the molecule is Cc1ccc(Cc2ccc3sccc3c2O)s1. The molecule has 3 rings (SSSR count). The zero-order valence-electron chi connectivity index (χ0n) is 9.43. The fraction of sp³-hybridized carbons (Fsp3) is 0.143. The first-order valence-corrected chi connectivity index (χ1v) is 7.17. The van der Waals surface area contributed by atoms with Gasteiger partial charge in [-0.1, -0.05) is 6.07 Å². The summed E-state index contributed by atoms with van der Waals surface area (Å²) in [5, 5.41) is 13.2. The lowest BCUT2D eigenvalue weighted by Gasteiger charge is -2.04. The minimum absolute atomic E-state index is 0.440. The molecular formula is C14H12OS2. The van der Waals surface area contributed by atoms with E-state index in [2.05, 4.69) is 25.1 Å². The summed E-state index contributed by atoms with van der Waals surface area (Å²) >= 11 is 3.45. The number of aryl methyl sites for hydroxylation is 1. The predicted octanol–water partition coefficient (Wildman–Crippen LogP) is 4.57. The van der Waals surface area contributed by atoms with Crippen molar-refractivity contribution in [1.29, 1.82) is 0 Å². The van der Waals surface area contributed by atoms with E-state index in [1.807, 2.05) is 17.5 Å². The van der Waals surface area contributed by atoms with E-state index in [-0.39, 0.29) is 0 Å². The summed E-state index contributed by atoms with van der Waals surface area (Å²) in [5.74, 6) is 0.440. The average molecular weight is 260 g/mol. The van der Waals surface area contributed by atoms with Crippen molar-refractivity contribution < 1.29 is 5.11 Å². The molecule has 0 aliphatic rings. The Balaban J connectivity index is 2.02. The molecular weight excluding hydrogens is 248 g/mol. The van der Waals surface area contributed by atoms with Gasteiger partial charge in [-0.05, 0) is 42.1 Å². The molecule has 0 aliphatic heterocycles. The van der Waals surface area contributed by atoms with Crippen molar-refractivity contribution >= 4 is 32.8 Å². The molecule has 0 amide bonds. The van der Waals surface area contributed by atoms with Crippen LogP contribution in [0.3, 0.4) is 0 Å². The van der Waals surface area contributed by atoms with E-state index in [4.69, 9.17) is 0 Å². The van der Waals surface area contributed by atoms with Crippen LogP contribution in [0.5, 0.6) is 5.75 Å². The van der Waals surface area contributed by atoms with E-state index >= 15 is 0 Å². The Hall–Kier alpha value is -1.32. The zero-order valence-corrected chi connectivity index (χ0v) is 11.1. The van der Waals surface area contributed by atoms with Crippen LogP contribution >= 0.6 is 22.7 Å². The molecule has 0 radical (unpaired) electrons. The van der Waals surface area contributed by atoms with Crippen LogP contribution in [0.25, 0.3) is 10.1 Å². The highest BCUT2D eigenvalue weighted by Crippen LogP contribution is 2.34. The van der Waals surface area contributed by atoms with Crippen LogP contribution in [0.4, 0.5) is 0 Å². The molecule has 2 aromatic heterocycles. The van der Waals surface area contributed by atoms with Crippen LogP contribution in [0, 0.1) is 6.92 Å². The van der Waals surface area contributed by atoms with E-state index in [9.17, 15) is 5.11 Å². The minimum Gasteiger partial charge on any atom is -0.507 e. The Morgan fingerprint density at radius 3 is 2.76 bits per heavy atom. The molecule has 0 unspecified atom stereocenters. The zero-order chi connectivity index (χ0) is 11.8. The Kier molecular flexibility index (Phi) is 2.65. The molecule has 0 aliphatic carbocycles. The largest absolute Gasteiger partial charge is 0.507 e. The van der Waals surface area contributed by atoms with Gasteiger partial charge >= 0.3 is 0 Å². The van der Waals surface area contributed by atoms with Gasteiger partial charge in [0.05, 0.1) is 0 Å².